The molecule has 1 aromatic carbocycles. The Hall–Kier alpha value is -2.21. The molecule has 0 spiro atoms. The Morgan fingerprint density at radius 1 is 1.43 bits per heavy atom. The van der Waals surface area contributed by atoms with Crippen LogP contribution in [-0.2, 0) is 11.8 Å². The lowest BCUT2D eigenvalue weighted by Crippen LogP contribution is -2.05. The van der Waals surface area contributed by atoms with Crippen LogP contribution in [0.25, 0.3) is 22.2 Å². The first-order valence-corrected chi connectivity index (χ1v) is 8.55. The zero-order valence-electron chi connectivity index (χ0n) is 13.1. The third-order valence-electron chi connectivity index (χ3n) is 4.19. The molecule has 2 aromatic heterocycles. The molecule has 0 amide bonds. The predicted octanol–water partition coefficient (Wildman–Crippen LogP) is 3.75. The van der Waals surface area contributed by atoms with Gasteiger partial charge in [-0.25, -0.2) is 4.79 Å². The average molecular weight is 327 g/mol. The van der Waals surface area contributed by atoms with Gasteiger partial charge in [-0.1, -0.05) is 6.07 Å². The minimum absolute atomic E-state index is 0.249. The second-order valence-electron chi connectivity index (χ2n) is 5.81. The van der Waals surface area contributed by atoms with Crippen LogP contribution in [0.4, 0.5) is 0 Å². The fraction of sp³-hybridized carbons (Fsp3) is 0.353. The largest absolute Gasteiger partial charge is 0.462 e. The first-order valence-electron chi connectivity index (χ1n) is 7.78. The Morgan fingerprint density at radius 3 is 3.00 bits per heavy atom. The number of hydrogen-bond donors (Lipinski definition) is 0. The smallest absolute Gasteiger partial charge is 0.350 e. The van der Waals surface area contributed by atoms with E-state index in [1.165, 1.54) is 11.5 Å². The molecule has 0 aliphatic heterocycles. The van der Waals surface area contributed by atoms with E-state index in [2.05, 4.69) is 27.7 Å². The highest BCUT2D eigenvalue weighted by atomic mass is 32.1. The summed E-state index contributed by atoms with van der Waals surface area (Å²) in [5.41, 5.74) is 4.12. The van der Waals surface area contributed by atoms with Gasteiger partial charge in [0.25, 0.3) is 0 Å². The van der Waals surface area contributed by atoms with E-state index in [1.54, 1.807) is 0 Å². The summed E-state index contributed by atoms with van der Waals surface area (Å²) in [7, 11) is 1.93. The summed E-state index contributed by atoms with van der Waals surface area (Å²) in [5.74, 6) is 0.188. The molecule has 3 aromatic rings. The van der Waals surface area contributed by atoms with Crippen molar-refractivity contribution in [2.24, 2.45) is 7.05 Å². The minimum Gasteiger partial charge on any atom is -0.462 e. The Labute approximate surface area is 138 Å². The fourth-order valence-corrected chi connectivity index (χ4v) is 3.79. The lowest BCUT2D eigenvalue weighted by atomic mass is 10.0. The molecule has 23 heavy (non-hydrogen) atoms. The van der Waals surface area contributed by atoms with Crippen molar-refractivity contribution in [1.29, 1.82) is 0 Å². The number of ether oxygens (including phenoxy) is 1. The Bertz CT molecular complexity index is 893. The number of benzene rings is 1. The molecule has 1 aliphatic carbocycles. The molecular formula is C17H17N3O2S. The first-order chi connectivity index (χ1) is 11.2. The molecule has 0 unspecified atom stereocenters. The summed E-state index contributed by atoms with van der Waals surface area (Å²) in [6.45, 7) is 2.21. The lowest BCUT2D eigenvalue weighted by molar-refractivity contribution is 0.0531. The van der Waals surface area contributed by atoms with E-state index in [0.717, 1.165) is 40.6 Å². The fourth-order valence-electron chi connectivity index (χ4n) is 2.91. The highest BCUT2D eigenvalue weighted by Gasteiger charge is 2.34. The third-order valence-corrected chi connectivity index (χ3v) is 5.04. The van der Waals surface area contributed by atoms with Crippen LogP contribution in [0.3, 0.4) is 0 Å². The summed E-state index contributed by atoms with van der Waals surface area (Å²) >= 11 is 1.25. The maximum Gasteiger partial charge on any atom is 0.350 e. The number of esters is 1. The van der Waals surface area contributed by atoms with Crippen molar-refractivity contribution in [1.82, 2.24) is 14.2 Å². The molecular weight excluding hydrogens is 310 g/mol. The highest BCUT2D eigenvalue weighted by molar-refractivity contribution is 7.08. The van der Waals surface area contributed by atoms with E-state index in [4.69, 9.17) is 4.74 Å². The highest BCUT2D eigenvalue weighted by Crippen LogP contribution is 2.47. The maximum atomic E-state index is 12.2. The van der Waals surface area contributed by atoms with Gasteiger partial charge in [0, 0.05) is 23.6 Å². The van der Waals surface area contributed by atoms with Crippen molar-refractivity contribution in [3.8, 4) is 11.3 Å². The van der Waals surface area contributed by atoms with Gasteiger partial charge in [0.2, 0.25) is 0 Å². The van der Waals surface area contributed by atoms with Crippen molar-refractivity contribution in [2.75, 3.05) is 6.61 Å². The molecule has 2 heterocycles. The molecule has 0 radical (unpaired) electrons. The Morgan fingerprint density at radius 2 is 2.26 bits per heavy atom. The molecule has 5 nitrogen and oxygen atoms in total. The van der Waals surface area contributed by atoms with E-state index < -0.39 is 0 Å². The van der Waals surface area contributed by atoms with Crippen LogP contribution >= 0.6 is 11.5 Å². The van der Waals surface area contributed by atoms with Crippen LogP contribution in [0, 0.1) is 0 Å². The molecule has 6 heteroatoms. The van der Waals surface area contributed by atoms with Crippen LogP contribution in [0.1, 0.15) is 40.9 Å². The van der Waals surface area contributed by atoms with Crippen LogP contribution in [0.15, 0.2) is 24.4 Å². The second kappa shape index (κ2) is 5.45. The second-order valence-corrected chi connectivity index (χ2v) is 6.58. The predicted molar refractivity (Wildman–Crippen MR) is 89.8 cm³/mol. The van der Waals surface area contributed by atoms with Gasteiger partial charge in [0.15, 0.2) is 0 Å². The number of aryl methyl sites for hydroxylation is 1. The number of carbonyl (C=O) groups is 1. The number of rotatable bonds is 4. The summed E-state index contributed by atoms with van der Waals surface area (Å²) in [5, 5.41) is 5.36. The van der Waals surface area contributed by atoms with E-state index in [1.807, 2.05) is 24.9 Å². The molecule has 1 fully saturated rings. The van der Waals surface area contributed by atoms with Crippen molar-refractivity contribution in [3.05, 3.63) is 34.8 Å². The van der Waals surface area contributed by atoms with Crippen LogP contribution in [-0.4, -0.2) is 26.7 Å². The summed E-state index contributed by atoms with van der Waals surface area (Å²) in [4.78, 5) is 12.9. The van der Waals surface area contributed by atoms with Gasteiger partial charge >= 0.3 is 5.97 Å². The van der Waals surface area contributed by atoms with Gasteiger partial charge in [-0.2, -0.15) is 9.47 Å². The average Bonchev–Trinajstić information content (AvgIpc) is 3.19. The van der Waals surface area contributed by atoms with E-state index in [-0.39, 0.29) is 5.97 Å². The number of carbonyl (C=O) groups excluding carboxylic acids is 1. The van der Waals surface area contributed by atoms with Crippen molar-refractivity contribution in [3.63, 3.8) is 0 Å². The number of nitrogens with zero attached hydrogens (tertiary/aromatic N) is 3. The molecule has 1 aliphatic rings. The minimum atomic E-state index is -0.249. The van der Waals surface area contributed by atoms with Gasteiger partial charge in [-0.15, -0.1) is 0 Å². The normalized spacial score (nSPS) is 14.3. The van der Waals surface area contributed by atoms with Gasteiger partial charge in [-0.05, 0) is 49.3 Å². The van der Waals surface area contributed by atoms with Crippen LogP contribution < -0.4 is 0 Å². The topological polar surface area (TPSA) is 57.0 Å². The van der Waals surface area contributed by atoms with Crippen molar-refractivity contribution < 1.29 is 9.53 Å². The summed E-state index contributed by atoms with van der Waals surface area (Å²) in [6.07, 6.45) is 4.09. The quantitative estimate of drug-likeness (QED) is 0.685. The molecule has 0 saturated heterocycles. The van der Waals surface area contributed by atoms with E-state index >= 15 is 0 Å². The summed E-state index contributed by atoms with van der Waals surface area (Å²) in [6, 6.07) is 6.20. The van der Waals surface area contributed by atoms with Crippen LogP contribution in [0.2, 0.25) is 0 Å². The number of fused-ring (bicyclic) bond motifs is 1. The Balaban J connectivity index is 1.82. The standard InChI is InChI=1S/C17H17N3O2S/c1-3-22-17(21)16-14(10-4-5-10)15(19-23-16)11-6-7-13-12(8-11)9-18-20(13)2/h6-10H,3-5H2,1-2H3. The van der Waals surface area contributed by atoms with Crippen LogP contribution in [0.5, 0.6) is 0 Å². The van der Waals surface area contributed by atoms with Gasteiger partial charge in [0.05, 0.1) is 24.0 Å². The van der Waals surface area contributed by atoms with Gasteiger partial charge in [0.1, 0.15) is 4.88 Å². The van der Waals surface area contributed by atoms with E-state index in [0.29, 0.717) is 17.4 Å². The monoisotopic (exact) mass is 327 g/mol. The molecule has 4 rings (SSSR count). The summed E-state index contributed by atoms with van der Waals surface area (Å²) < 4.78 is 11.6. The molecule has 0 atom stereocenters. The number of hydrogen-bond acceptors (Lipinski definition) is 5. The van der Waals surface area contributed by atoms with Gasteiger partial charge in [-0.3, -0.25) is 4.68 Å². The zero-order chi connectivity index (χ0) is 16.0. The van der Waals surface area contributed by atoms with Gasteiger partial charge < -0.3 is 4.74 Å². The third kappa shape index (κ3) is 2.43. The maximum absolute atomic E-state index is 12.2. The Kier molecular flexibility index (Phi) is 3.41. The zero-order valence-corrected chi connectivity index (χ0v) is 13.9. The van der Waals surface area contributed by atoms with Crippen molar-refractivity contribution in [2.45, 2.75) is 25.7 Å². The van der Waals surface area contributed by atoms with E-state index in [9.17, 15) is 4.79 Å². The van der Waals surface area contributed by atoms with Crippen molar-refractivity contribution >= 4 is 28.4 Å². The molecule has 1 saturated carbocycles. The number of aromatic nitrogens is 3. The lowest BCUT2D eigenvalue weighted by Gasteiger charge is -2.05. The first kappa shape index (κ1) is 14.4. The molecule has 118 valence electrons. The molecule has 0 N–H and O–H groups in total. The molecule has 0 bridgehead atoms. The SMILES string of the molecule is CCOC(=O)c1snc(-c2ccc3c(cnn3C)c2)c1C1CC1.